The number of morpholine rings is 1. The maximum Gasteiger partial charge on any atom is 0.234 e. The van der Waals surface area contributed by atoms with E-state index in [2.05, 4.69) is 38.8 Å². The number of halogens is 1. The minimum absolute atomic E-state index is 0.0950. The fraction of sp³-hybridized carbons (Fsp3) is 0.526. The molecule has 152 valence electrons. The predicted molar refractivity (Wildman–Crippen MR) is 113 cm³/mol. The summed E-state index contributed by atoms with van der Waals surface area (Å²) in [5.74, 6) is 1.46. The molecule has 0 atom stereocenters. The zero-order valence-electron chi connectivity index (χ0n) is 16.4. The van der Waals surface area contributed by atoms with Crippen LogP contribution in [0.5, 0.6) is 0 Å². The molecule has 0 saturated carbocycles. The van der Waals surface area contributed by atoms with Crippen LogP contribution in [0.25, 0.3) is 0 Å². The van der Waals surface area contributed by atoms with E-state index in [1.54, 1.807) is 0 Å². The van der Waals surface area contributed by atoms with Crippen LogP contribution in [0.1, 0.15) is 19.4 Å². The minimum atomic E-state index is -0.0950. The molecule has 3 rings (SSSR count). The Hall–Kier alpha value is -1.77. The largest absolute Gasteiger partial charge is 0.378 e. The van der Waals surface area contributed by atoms with Gasteiger partial charge in [0.1, 0.15) is 0 Å². The Labute approximate surface area is 174 Å². The summed E-state index contributed by atoms with van der Waals surface area (Å²) in [7, 11) is 0. The van der Waals surface area contributed by atoms with Crippen LogP contribution in [0.3, 0.4) is 0 Å². The maximum absolute atomic E-state index is 12.4. The van der Waals surface area contributed by atoms with Crippen molar-refractivity contribution in [2.75, 3.05) is 42.3 Å². The molecule has 1 aliphatic rings. The number of hydrogen-bond donors (Lipinski definition) is 1. The Kier molecular flexibility index (Phi) is 7.20. The number of ether oxygens (including phenoxy) is 1. The zero-order chi connectivity index (χ0) is 20.1. The van der Waals surface area contributed by atoms with Crippen LogP contribution >= 0.6 is 23.4 Å². The first kappa shape index (κ1) is 21.0. The third kappa shape index (κ3) is 5.18. The number of nitrogens with zero attached hydrogens (tertiary/aromatic N) is 4. The molecule has 1 aromatic heterocycles. The van der Waals surface area contributed by atoms with Gasteiger partial charge in [0.15, 0.2) is 5.16 Å². The average molecular weight is 424 g/mol. The molecule has 1 amide bonds. The molecule has 0 bridgehead atoms. The molecule has 2 aromatic rings. The summed E-state index contributed by atoms with van der Waals surface area (Å²) < 4.78 is 7.55. The van der Waals surface area contributed by atoms with Crippen LogP contribution in [-0.4, -0.2) is 52.7 Å². The van der Waals surface area contributed by atoms with Gasteiger partial charge in [-0.05, 0) is 30.5 Å². The molecular formula is C19H26ClN5O2S. The summed E-state index contributed by atoms with van der Waals surface area (Å²) in [5.41, 5.74) is 1.59. The van der Waals surface area contributed by atoms with Crippen molar-refractivity contribution in [1.82, 2.24) is 14.8 Å². The number of aromatic nitrogens is 3. The number of hydrogen-bond acceptors (Lipinski definition) is 6. The van der Waals surface area contributed by atoms with Gasteiger partial charge in [-0.1, -0.05) is 43.3 Å². The molecule has 7 nitrogen and oxygen atoms in total. The van der Waals surface area contributed by atoms with Gasteiger partial charge in [0.05, 0.1) is 19.0 Å². The van der Waals surface area contributed by atoms with Gasteiger partial charge in [-0.25, -0.2) is 0 Å². The van der Waals surface area contributed by atoms with Crippen LogP contribution in [0, 0.1) is 12.8 Å². The number of thioether (sulfide) groups is 1. The highest BCUT2D eigenvalue weighted by atomic mass is 35.5. The van der Waals surface area contributed by atoms with Crippen molar-refractivity contribution in [2.45, 2.75) is 32.5 Å². The van der Waals surface area contributed by atoms with Crippen molar-refractivity contribution in [3.8, 4) is 0 Å². The molecule has 9 heteroatoms. The molecule has 1 N–H and O–H groups in total. The smallest absolute Gasteiger partial charge is 0.234 e. The first-order chi connectivity index (χ1) is 13.5. The number of rotatable bonds is 7. The second kappa shape index (κ2) is 9.62. The number of carbonyl (C=O) groups excluding carboxylic acids is 1. The fourth-order valence-electron chi connectivity index (χ4n) is 2.97. The fourth-order valence-corrected chi connectivity index (χ4v) is 3.89. The summed E-state index contributed by atoms with van der Waals surface area (Å²) in [4.78, 5) is 14.6. The normalized spacial score (nSPS) is 14.5. The van der Waals surface area contributed by atoms with E-state index in [4.69, 9.17) is 16.3 Å². The van der Waals surface area contributed by atoms with E-state index >= 15 is 0 Å². The lowest BCUT2D eigenvalue weighted by Gasteiger charge is -2.28. The summed E-state index contributed by atoms with van der Waals surface area (Å²) >= 11 is 7.52. The van der Waals surface area contributed by atoms with Gasteiger partial charge < -0.3 is 15.0 Å². The number of anilines is 2. The highest BCUT2D eigenvalue weighted by Gasteiger charge is 2.21. The van der Waals surface area contributed by atoms with E-state index in [-0.39, 0.29) is 11.7 Å². The molecule has 1 aliphatic heterocycles. The van der Waals surface area contributed by atoms with Gasteiger partial charge in [-0.3, -0.25) is 9.36 Å². The predicted octanol–water partition coefficient (Wildman–Crippen LogP) is 3.46. The van der Waals surface area contributed by atoms with Gasteiger partial charge in [0.2, 0.25) is 11.9 Å². The van der Waals surface area contributed by atoms with Gasteiger partial charge in [-0.15, -0.1) is 10.2 Å². The summed E-state index contributed by atoms with van der Waals surface area (Å²) in [6, 6.07) is 5.48. The van der Waals surface area contributed by atoms with E-state index in [1.165, 1.54) is 11.8 Å². The van der Waals surface area contributed by atoms with Crippen LogP contribution in [0.4, 0.5) is 11.6 Å². The third-order valence-electron chi connectivity index (χ3n) is 4.41. The number of benzene rings is 1. The van der Waals surface area contributed by atoms with Crippen molar-refractivity contribution in [2.24, 2.45) is 5.92 Å². The zero-order valence-corrected chi connectivity index (χ0v) is 18.0. The number of carbonyl (C=O) groups is 1. The van der Waals surface area contributed by atoms with E-state index in [0.29, 0.717) is 24.2 Å². The van der Waals surface area contributed by atoms with Crippen molar-refractivity contribution in [1.29, 1.82) is 0 Å². The van der Waals surface area contributed by atoms with E-state index in [0.717, 1.165) is 42.0 Å². The SMILES string of the molecule is Cc1c(Cl)cccc1NC(=O)CSc1nnc(N2CCOCC2)n1CC(C)C. The standard InChI is InChI=1S/C19H26ClN5O2S/c1-13(2)11-25-18(24-7-9-27-10-8-24)22-23-19(25)28-12-17(26)21-16-6-4-5-15(20)14(16)3/h4-6,13H,7-12H2,1-3H3,(H,21,26). The molecule has 0 spiro atoms. The van der Waals surface area contributed by atoms with Crippen LogP contribution in [-0.2, 0) is 16.1 Å². The first-order valence-corrected chi connectivity index (χ1v) is 10.8. The van der Waals surface area contributed by atoms with Gasteiger partial charge >= 0.3 is 0 Å². The molecule has 1 saturated heterocycles. The molecule has 0 unspecified atom stereocenters. The maximum atomic E-state index is 12.4. The molecule has 0 aliphatic carbocycles. The van der Waals surface area contributed by atoms with E-state index in [9.17, 15) is 4.79 Å². The Bertz CT molecular complexity index is 821. The number of nitrogens with one attached hydrogen (secondary N) is 1. The summed E-state index contributed by atoms with van der Waals surface area (Å²) in [6.07, 6.45) is 0. The Balaban J connectivity index is 1.68. The molecular weight excluding hydrogens is 398 g/mol. The van der Waals surface area contributed by atoms with Gasteiger partial charge in [0.25, 0.3) is 0 Å². The second-order valence-electron chi connectivity index (χ2n) is 7.14. The Morgan fingerprint density at radius 2 is 2.07 bits per heavy atom. The molecule has 2 heterocycles. The van der Waals surface area contributed by atoms with E-state index in [1.807, 2.05) is 25.1 Å². The topological polar surface area (TPSA) is 72.3 Å². The van der Waals surface area contributed by atoms with Crippen molar-refractivity contribution < 1.29 is 9.53 Å². The second-order valence-corrected chi connectivity index (χ2v) is 8.49. The summed E-state index contributed by atoms with van der Waals surface area (Å²) in [5, 5.41) is 13.1. The van der Waals surface area contributed by atoms with Crippen LogP contribution in [0.15, 0.2) is 23.4 Å². The lowest BCUT2D eigenvalue weighted by Crippen LogP contribution is -2.38. The molecule has 0 radical (unpaired) electrons. The van der Waals surface area contributed by atoms with Crippen molar-refractivity contribution in [3.05, 3.63) is 28.8 Å². The van der Waals surface area contributed by atoms with Gasteiger partial charge in [0, 0.05) is 30.3 Å². The lowest BCUT2D eigenvalue weighted by molar-refractivity contribution is -0.113. The quantitative estimate of drug-likeness (QED) is 0.687. The Morgan fingerprint density at radius 1 is 1.32 bits per heavy atom. The monoisotopic (exact) mass is 423 g/mol. The van der Waals surface area contributed by atoms with Crippen LogP contribution < -0.4 is 10.2 Å². The lowest BCUT2D eigenvalue weighted by atomic mass is 10.2. The van der Waals surface area contributed by atoms with E-state index < -0.39 is 0 Å². The average Bonchev–Trinajstić information content (AvgIpc) is 3.06. The van der Waals surface area contributed by atoms with Crippen molar-refractivity contribution >= 4 is 40.9 Å². The van der Waals surface area contributed by atoms with Gasteiger partial charge in [-0.2, -0.15) is 0 Å². The molecule has 1 fully saturated rings. The molecule has 28 heavy (non-hydrogen) atoms. The Morgan fingerprint density at radius 3 is 2.79 bits per heavy atom. The summed E-state index contributed by atoms with van der Waals surface area (Å²) in [6.45, 7) is 10.00. The molecule has 1 aromatic carbocycles. The van der Waals surface area contributed by atoms with Crippen LogP contribution in [0.2, 0.25) is 5.02 Å². The first-order valence-electron chi connectivity index (χ1n) is 9.39. The highest BCUT2D eigenvalue weighted by Crippen LogP contribution is 2.26. The third-order valence-corrected chi connectivity index (χ3v) is 5.79. The highest BCUT2D eigenvalue weighted by molar-refractivity contribution is 7.99. The number of amides is 1. The minimum Gasteiger partial charge on any atom is -0.378 e. The van der Waals surface area contributed by atoms with Crippen molar-refractivity contribution in [3.63, 3.8) is 0 Å².